The van der Waals surface area contributed by atoms with E-state index in [1.54, 1.807) is 13.8 Å². The Kier molecular flexibility index (Phi) is 7.92. The van der Waals surface area contributed by atoms with E-state index in [1.807, 2.05) is 0 Å². The maximum absolute atomic E-state index is 14.1. The Bertz CT molecular complexity index is 891. The Morgan fingerprint density at radius 1 is 1.10 bits per heavy atom. The van der Waals surface area contributed by atoms with E-state index in [0.29, 0.717) is 0 Å². The van der Waals surface area contributed by atoms with Gasteiger partial charge in [0.05, 0.1) is 6.10 Å². The van der Waals surface area contributed by atoms with E-state index in [0.717, 1.165) is 12.1 Å². The molecule has 156 valence electrons. The number of anilines is 1. The van der Waals surface area contributed by atoms with Crippen LogP contribution >= 0.6 is 11.6 Å². The fraction of sp³-hybridized carbons (Fsp3) is 0.300. The number of nitrogens with one attached hydrogen (secondary N) is 1. The molecule has 0 aromatic heterocycles. The molecule has 29 heavy (non-hydrogen) atoms. The van der Waals surface area contributed by atoms with Gasteiger partial charge in [-0.25, -0.2) is 18.4 Å². The second-order valence-corrected chi connectivity index (χ2v) is 6.90. The molecule has 0 aliphatic carbocycles. The zero-order valence-electron chi connectivity index (χ0n) is 15.7. The normalized spacial score (nSPS) is 11.9. The van der Waals surface area contributed by atoms with Crippen LogP contribution in [0.5, 0.6) is 0 Å². The van der Waals surface area contributed by atoms with Gasteiger partial charge in [-0.05, 0) is 49.7 Å². The number of hydrogen-bond acceptors (Lipinski definition) is 4. The van der Waals surface area contributed by atoms with Gasteiger partial charge < -0.3 is 14.6 Å². The lowest BCUT2D eigenvalue weighted by Crippen LogP contribution is -2.29. The molecule has 0 radical (unpaired) electrons. The molecule has 0 saturated carbocycles. The molecule has 2 rings (SSSR count). The first-order chi connectivity index (χ1) is 13.7. The Labute approximate surface area is 171 Å². The monoisotopic (exact) mass is 427 g/mol. The van der Waals surface area contributed by atoms with Gasteiger partial charge in [-0.15, -0.1) is 0 Å². The molecule has 0 spiro atoms. The molecule has 6 nitrogen and oxygen atoms in total. The average Bonchev–Trinajstić information content (AvgIpc) is 2.62. The minimum Gasteiger partial charge on any atom is -0.479 e. The van der Waals surface area contributed by atoms with Crippen molar-refractivity contribution in [2.75, 3.05) is 5.32 Å². The number of rotatable bonds is 8. The third-order valence-electron chi connectivity index (χ3n) is 3.78. The summed E-state index contributed by atoms with van der Waals surface area (Å²) in [6, 6.07) is 7.63. The largest absolute Gasteiger partial charge is 0.479 e. The van der Waals surface area contributed by atoms with Crippen LogP contribution in [0, 0.1) is 11.6 Å². The van der Waals surface area contributed by atoms with Crippen LogP contribution in [0.25, 0.3) is 0 Å². The first kappa shape index (κ1) is 22.6. The van der Waals surface area contributed by atoms with E-state index in [-0.39, 0.29) is 41.0 Å². The zero-order chi connectivity index (χ0) is 21.6. The summed E-state index contributed by atoms with van der Waals surface area (Å²) in [4.78, 5) is 23.2. The average molecular weight is 428 g/mol. The van der Waals surface area contributed by atoms with Crippen molar-refractivity contribution in [1.29, 1.82) is 0 Å². The number of aliphatic carboxylic acids is 1. The van der Waals surface area contributed by atoms with Crippen LogP contribution in [0.3, 0.4) is 0 Å². The highest BCUT2D eigenvalue weighted by molar-refractivity contribution is 6.30. The SMILES string of the molecule is CC(C)OC(Cc1cc(NC(=O)OCc2ccc(Cl)cc2F)ccc1F)C(=O)O. The van der Waals surface area contributed by atoms with Crippen LogP contribution in [0.15, 0.2) is 36.4 Å². The number of amides is 1. The molecule has 0 saturated heterocycles. The molecule has 2 N–H and O–H groups in total. The van der Waals surface area contributed by atoms with Crippen molar-refractivity contribution >= 4 is 29.4 Å². The van der Waals surface area contributed by atoms with Crippen molar-refractivity contribution in [1.82, 2.24) is 0 Å². The van der Waals surface area contributed by atoms with Gasteiger partial charge >= 0.3 is 12.1 Å². The number of carboxylic acid groups (broad SMARTS) is 1. The molecule has 1 amide bonds. The lowest BCUT2D eigenvalue weighted by Gasteiger charge is -2.17. The summed E-state index contributed by atoms with van der Waals surface area (Å²) in [6.45, 7) is 3.01. The highest BCUT2D eigenvalue weighted by atomic mass is 35.5. The minimum atomic E-state index is -1.24. The van der Waals surface area contributed by atoms with Crippen LogP contribution in [0.4, 0.5) is 19.3 Å². The van der Waals surface area contributed by atoms with E-state index in [9.17, 15) is 23.5 Å². The maximum Gasteiger partial charge on any atom is 0.411 e. The summed E-state index contributed by atoms with van der Waals surface area (Å²) in [7, 11) is 0. The summed E-state index contributed by atoms with van der Waals surface area (Å²) in [5.74, 6) is -2.47. The quantitative estimate of drug-likeness (QED) is 0.632. The lowest BCUT2D eigenvalue weighted by molar-refractivity contribution is -0.153. The van der Waals surface area contributed by atoms with E-state index in [4.69, 9.17) is 21.1 Å². The van der Waals surface area contributed by atoms with Crippen LogP contribution in [-0.4, -0.2) is 29.4 Å². The van der Waals surface area contributed by atoms with Crippen LogP contribution in [-0.2, 0) is 27.3 Å². The van der Waals surface area contributed by atoms with Gasteiger partial charge in [-0.1, -0.05) is 17.7 Å². The fourth-order valence-corrected chi connectivity index (χ4v) is 2.63. The summed E-state index contributed by atoms with van der Waals surface area (Å²) < 4.78 is 38.0. The molecule has 0 bridgehead atoms. The van der Waals surface area contributed by atoms with Crippen molar-refractivity contribution in [2.45, 2.75) is 39.1 Å². The van der Waals surface area contributed by atoms with Crippen molar-refractivity contribution in [3.8, 4) is 0 Å². The molecule has 2 aromatic carbocycles. The molecule has 2 aromatic rings. The third-order valence-corrected chi connectivity index (χ3v) is 4.02. The number of ether oxygens (including phenoxy) is 2. The van der Waals surface area contributed by atoms with Crippen LogP contribution in [0.1, 0.15) is 25.0 Å². The Morgan fingerprint density at radius 3 is 2.45 bits per heavy atom. The minimum absolute atomic E-state index is 0.0552. The van der Waals surface area contributed by atoms with Crippen molar-refractivity contribution in [3.05, 3.63) is 64.2 Å². The van der Waals surface area contributed by atoms with Gasteiger partial charge in [-0.3, -0.25) is 5.32 Å². The molecule has 1 unspecified atom stereocenters. The first-order valence-electron chi connectivity index (χ1n) is 8.70. The standard InChI is InChI=1S/C20H20ClF2NO5/c1-11(2)29-18(19(25)26)8-13-7-15(5-6-16(13)22)24-20(27)28-10-12-3-4-14(21)9-17(12)23/h3-7,9,11,18H,8,10H2,1-2H3,(H,24,27)(H,25,26). The van der Waals surface area contributed by atoms with Crippen LogP contribution < -0.4 is 5.32 Å². The van der Waals surface area contributed by atoms with Crippen molar-refractivity contribution in [2.24, 2.45) is 0 Å². The Morgan fingerprint density at radius 2 is 1.83 bits per heavy atom. The molecule has 0 aliphatic rings. The van der Waals surface area contributed by atoms with Crippen molar-refractivity contribution < 1.29 is 33.0 Å². The number of halogens is 3. The first-order valence-corrected chi connectivity index (χ1v) is 9.08. The Balaban J connectivity index is 2.02. The van der Waals surface area contributed by atoms with Crippen molar-refractivity contribution in [3.63, 3.8) is 0 Å². The molecule has 9 heteroatoms. The summed E-state index contributed by atoms with van der Waals surface area (Å²) in [5.41, 5.74) is 0.385. The number of carbonyl (C=O) groups excluding carboxylic acids is 1. The Hall–Kier alpha value is -2.71. The maximum atomic E-state index is 14.1. The van der Waals surface area contributed by atoms with E-state index in [1.165, 1.54) is 24.3 Å². The predicted octanol–water partition coefficient (Wildman–Crippen LogP) is 4.79. The van der Waals surface area contributed by atoms with Gasteiger partial charge in [0.15, 0.2) is 6.10 Å². The molecular formula is C20H20ClF2NO5. The number of benzene rings is 2. The molecular weight excluding hydrogens is 408 g/mol. The molecule has 0 aliphatic heterocycles. The van der Waals surface area contributed by atoms with Gasteiger partial charge in [0.2, 0.25) is 0 Å². The van der Waals surface area contributed by atoms with Gasteiger partial charge in [-0.2, -0.15) is 0 Å². The van der Waals surface area contributed by atoms with E-state index >= 15 is 0 Å². The highest BCUT2D eigenvalue weighted by Gasteiger charge is 2.22. The van der Waals surface area contributed by atoms with Gasteiger partial charge in [0, 0.05) is 22.7 Å². The zero-order valence-corrected chi connectivity index (χ0v) is 16.5. The molecule has 1 atom stereocenters. The number of carbonyl (C=O) groups is 2. The fourth-order valence-electron chi connectivity index (χ4n) is 2.47. The van der Waals surface area contributed by atoms with E-state index < -0.39 is 29.8 Å². The third kappa shape index (κ3) is 6.99. The molecule has 0 heterocycles. The summed E-state index contributed by atoms with van der Waals surface area (Å²) in [5, 5.41) is 11.8. The second kappa shape index (κ2) is 10.2. The van der Waals surface area contributed by atoms with Gasteiger partial charge in [0.25, 0.3) is 0 Å². The number of hydrogen-bond donors (Lipinski definition) is 2. The summed E-state index contributed by atoms with van der Waals surface area (Å²) in [6.07, 6.45) is -2.70. The van der Waals surface area contributed by atoms with Gasteiger partial charge in [0.1, 0.15) is 18.2 Å². The number of carboxylic acids is 1. The highest BCUT2D eigenvalue weighted by Crippen LogP contribution is 2.19. The van der Waals surface area contributed by atoms with Crippen LogP contribution in [0.2, 0.25) is 5.02 Å². The smallest absolute Gasteiger partial charge is 0.411 e. The topological polar surface area (TPSA) is 84.9 Å². The lowest BCUT2D eigenvalue weighted by atomic mass is 10.1. The molecule has 0 fully saturated rings. The predicted molar refractivity (Wildman–Crippen MR) is 103 cm³/mol. The summed E-state index contributed by atoms with van der Waals surface area (Å²) >= 11 is 5.66. The van der Waals surface area contributed by atoms with E-state index in [2.05, 4.69) is 5.32 Å². The second-order valence-electron chi connectivity index (χ2n) is 6.46.